The Morgan fingerprint density at radius 2 is 2.00 bits per heavy atom. The van der Waals surface area contributed by atoms with Crippen molar-refractivity contribution in [1.29, 1.82) is 0 Å². The van der Waals surface area contributed by atoms with E-state index in [0.29, 0.717) is 6.04 Å². The highest BCUT2D eigenvalue weighted by molar-refractivity contribution is 5.08. The van der Waals surface area contributed by atoms with E-state index in [0.717, 1.165) is 29.6 Å². The Labute approximate surface area is 87.4 Å². The van der Waals surface area contributed by atoms with Gasteiger partial charge in [0.15, 0.2) is 0 Å². The maximum atomic E-state index is 6.22. The van der Waals surface area contributed by atoms with Gasteiger partial charge in [0.25, 0.3) is 0 Å². The molecule has 0 spiro atoms. The largest absolute Gasteiger partial charge is 0.328 e. The summed E-state index contributed by atoms with van der Waals surface area (Å²) in [6.07, 6.45) is 8.56. The Morgan fingerprint density at radius 1 is 1.14 bits per heavy atom. The lowest BCUT2D eigenvalue weighted by Crippen LogP contribution is -2.27. The van der Waals surface area contributed by atoms with Gasteiger partial charge in [0.2, 0.25) is 0 Å². The van der Waals surface area contributed by atoms with E-state index in [4.69, 9.17) is 5.73 Å². The van der Waals surface area contributed by atoms with Gasteiger partial charge in [-0.1, -0.05) is 26.2 Å². The van der Waals surface area contributed by atoms with Crippen molar-refractivity contribution in [3.63, 3.8) is 0 Å². The van der Waals surface area contributed by atoms with Crippen molar-refractivity contribution in [2.45, 2.75) is 51.5 Å². The summed E-state index contributed by atoms with van der Waals surface area (Å²) in [6.45, 7) is 2.36. The van der Waals surface area contributed by atoms with E-state index in [1.54, 1.807) is 0 Å². The quantitative estimate of drug-likeness (QED) is 0.681. The van der Waals surface area contributed by atoms with Crippen LogP contribution in [0.5, 0.6) is 0 Å². The van der Waals surface area contributed by atoms with E-state index in [1.807, 2.05) is 0 Å². The lowest BCUT2D eigenvalue weighted by atomic mass is 9.84. The zero-order valence-corrected chi connectivity index (χ0v) is 9.28. The standard InChI is InChI=1S/C13H23N/c1-2-8-6-10(14)7-9-4-3-5-11-12(8)13(9)11/h8-13H,2-7,14H2,1H3. The summed E-state index contributed by atoms with van der Waals surface area (Å²) in [5, 5.41) is 0. The molecule has 3 aliphatic carbocycles. The molecule has 0 aromatic rings. The molecule has 0 bridgehead atoms. The van der Waals surface area contributed by atoms with Gasteiger partial charge in [0.1, 0.15) is 0 Å². The van der Waals surface area contributed by atoms with E-state index < -0.39 is 0 Å². The average molecular weight is 193 g/mol. The Balaban J connectivity index is 1.80. The van der Waals surface area contributed by atoms with E-state index in [2.05, 4.69) is 6.92 Å². The second-order valence-corrected chi connectivity index (χ2v) is 5.91. The first-order valence-corrected chi connectivity index (χ1v) is 6.56. The molecule has 3 rings (SSSR count). The Bertz CT molecular complexity index is 221. The van der Waals surface area contributed by atoms with Crippen LogP contribution in [0.15, 0.2) is 0 Å². The van der Waals surface area contributed by atoms with Crippen LogP contribution in [-0.2, 0) is 0 Å². The molecule has 0 saturated heterocycles. The molecule has 14 heavy (non-hydrogen) atoms. The number of rotatable bonds is 1. The molecule has 6 atom stereocenters. The highest BCUT2D eigenvalue weighted by Crippen LogP contribution is 2.64. The highest BCUT2D eigenvalue weighted by atomic mass is 14.7. The van der Waals surface area contributed by atoms with Gasteiger partial charge in [-0.15, -0.1) is 0 Å². The fourth-order valence-corrected chi connectivity index (χ4v) is 4.69. The summed E-state index contributed by atoms with van der Waals surface area (Å²) in [5.74, 6) is 5.34. The number of hydrogen-bond acceptors (Lipinski definition) is 1. The van der Waals surface area contributed by atoms with Crippen LogP contribution in [-0.4, -0.2) is 6.04 Å². The summed E-state index contributed by atoms with van der Waals surface area (Å²) >= 11 is 0. The molecule has 2 N–H and O–H groups in total. The molecule has 0 aromatic heterocycles. The third-order valence-electron chi connectivity index (χ3n) is 5.23. The van der Waals surface area contributed by atoms with Gasteiger partial charge in [-0.25, -0.2) is 0 Å². The summed E-state index contributed by atoms with van der Waals surface area (Å²) in [4.78, 5) is 0. The fraction of sp³-hybridized carbons (Fsp3) is 1.00. The molecule has 0 radical (unpaired) electrons. The SMILES string of the molecule is CCC1CC(N)CC2CCCC3C1C23. The lowest BCUT2D eigenvalue weighted by molar-refractivity contribution is 0.292. The van der Waals surface area contributed by atoms with Crippen LogP contribution in [0.3, 0.4) is 0 Å². The van der Waals surface area contributed by atoms with Crippen LogP contribution in [0.25, 0.3) is 0 Å². The van der Waals surface area contributed by atoms with Crippen molar-refractivity contribution in [3.05, 3.63) is 0 Å². The van der Waals surface area contributed by atoms with Crippen LogP contribution in [0, 0.1) is 29.6 Å². The molecule has 0 amide bonds. The Hall–Kier alpha value is -0.0400. The van der Waals surface area contributed by atoms with Gasteiger partial charge in [-0.2, -0.15) is 0 Å². The smallest absolute Gasteiger partial charge is 0.00443 e. The molecule has 3 aliphatic rings. The van der Waals surface area contributed by atoms with Crippen LogP contribution < -0.4 is 5.73 Å². The van der Waals surface area contributed by atoms with Crippen molar-refractivity contribution in [3.8, 4) is 0 Å². The Kier molecular flexibility index (Phi) is 2.12. The van der Waals surface area contributed by atoms with Crippen LogP contribution in [0.1, 0.15) is 45.4 Å². The average Bonchev–Trinajstić information content (AvgIpc) is 2.91. The van der Waals surface area contributed by atoms with Crippen molar-refractivity contribution in [2.24, 2.45) is 35.3 Å². The first-order chi connectivity index (χ1) is 6.81. The van der Waals surface area contributed by atoms with Gasteiger partial charge in [-0.3, -0.25) is 0 Å². The van der Waals surface area contributed by atoms with Crippen LogP contribution >= 0.6 is 0 Å². The molecular weight excluding hydrogens is 170 g/mol. The maximum Gasteiger partial charge on any atom is 0.00443 e. The molecule has 0 aliphatic heterocycles. The van der Waals surface area contributed by atoms with Crippen molar-refractivity contribution in [2.75, 3.05) is 0 Å². The van der Waals surface area contributed by atoms with E-state index in [-0.39, 0.29) is 0 Å². The first kappa shape index (κ1) is 9.21. The summed E-state index contributed by atoms with van der Waals surface area (Å²) in [5.41, 5.74) is 6.22. The topological polar surface area (TPSA) is 26.0 Å². The summed E-state index contributed by atoms with van der Waals surface area (Å²) in [6, 6.07) is 0.525. The molecule has 0 heterocycles. The van der Waals surface area contributed by atoms with Crippen molar-refractivity contribution < 1.29 is 0 Å². The highest BCUT2D eigenvalue weighted by Gasteiger charge is 2.58. The molecule has 3 fully saturated rings. The third kappa shape index (κ3) is 1.25. The molecule has 80 valence electrons. The van der Waals surface area contributed by atoms with Gasteiger partial charge in [-0.05, 0) is 48.9 Å². The minimum absolute atomic E-state index is 0.525. The van der Waals surface area contributed by atoms with E-state index >= 15 is 0 Å². The predicted octanol–water partition coefficient (Wildman–Crippen LogP) is 2.80. The monoisotopic (exact) mass is 193 g/mol. The van der Waals surface area contributed by atoms with Gasteiger partial charge in [0, 0.05) is 6.04 Å². The molecule has 1 nitrogen and oxygen atoms in total. The minimum Gasteiger partial charge on any atom is -0.328 e. The molecule has 1 heteroatoms. The zero-order valence-electron chi connectivity index (χ0n) is 9.28. The van der Waals surface area contributed by atoms with Crippen LogP contribution in [0.4, 0.5) is 0 Å². The third-order valence-corrected chi connectivity index (χ3v) is 5.23. The van der Waals surface area contributed by atoms with Gasteiger partial charge >= 0.3 is 0 Å². The van der Waals surface area contributed by atoms with E-state index in [1.165, 1.54) is 38.5 Å². The normalized spacial score (nSPS) is 56.1. The van der Waals surface area contributed by atoms with Crippen LogP contribution in [0.2, 0.25) is 0 Å². The first-order valence-electron chi connectivity index (χ1n) is 6.56. The number of fused-ring (bicyclic) bond motifs is 1. The predicted molar refractivity (Wildman–Crippen MR) is 58.8 cm³/mol. The number of hydrogen-bond donors (Lipinski definition) is 1. The second kappa shape index (κ2) is 3.23. The van der Waals surface area contributed by atoms with E-state index in [9.17, 15) is 0 Å². The van der Waals surface area contributed by atoms with Crippen molar-refractivity contribution >= 4 is 0 Å². The van der Waals surface area contributed by atoms with Gasteiger partial charge < -0.3 is 5.73 Å². The molecule has 0 aromatic carbocycles. The molecular formula is C13H23N. The molecule has 6 unspecified atom stereocenters. The zero-order chi connectivity index (χ0) is 9.71. The maximum absolute atomic E-state index is 6.22. The fourth-order valence-electron chi connectivity index (χ4n) is 4.69. The Morgan fingerprint density at radius 3 is 2.79 bits per heavy atom. The minimum atomic E-state index is 0.525. The van der Waals surface area contributed by atoms with Crippen molar-refractivity contribution in [1.82, 2.24) is 0 Å². The summed E-state index contributed by atoms with van der Waals surface area (Å²) in [7, 11) is 0. The second-order valence-electron chi connectivity index (χ2n) is 5.91. The lowest BCUT2D eigenvalue weighted by Gasteiger charge is -2.24. The van der Waals surface area contributed by atoms with Gasteiger partial charge in [0.05, 0.1) is 0 Å². The number of nitrogens with two attached hydrogens (primary N) is 1. The summed E-state index contributed by atoms with van der Waals surface area (Å²) < 4.78 is 0. The molecule has 3 saturated carbocycles.